The first-order chi connectivity index (χ1) is 14.8. The van der Waals surface area contributed by atoms with Crippen molar-refractivity contribution in [2.45, 2.75) is 44.6 Å². The van der Waals surface area contributed by atoms with Crippen molar-refractivity contribution in [3.8, 4) is 11.1 Å². The molecule has 1 atom stereocenters. The molecule has 0 radical (unpaired) electrons. The number of benzene rings is 3. The van der Waals surface area contributed by atoms with Crippen molar-refractivity contribution in [3.05, 3.63) is 95.1 Å². The number of carboxylic acid groups (broad SMARTS) is 1. The van der Waals surface area contributed by atoms with Gasteiger partial charge in [0.25, 0.3) is 0 Å². The van der Waals surface area contributed by atoms with E-state index in [9.17, 15) is 14.7 Å². The quantitative estimate of drug-likeness (QED) is 0.625. The maximum absolute atomic E-state index is 13.3. The van der Waals surface area contributed by atoms with E-state index < -0.39 is 17.9 Å². The normalized spacial score (nSPS) is 13.9. The molecular formula is C27H27NO3. The summed E-state index contributed by atoms with van der Waals surface area (Å²) in [6.07, 6.45) is 0.238. The second kappa shape index (κ2) is 8.03. The van der Waals surface area contributed by atoms with Crippen LogP contribution in [-0.2, 0) is 21.4 Å². The van der Waals surface area contributed by atoms with Crippen LogP contribution < -0.4 is 5.32 Å². The molecule has 1 amide bonds. The summed E-state index contributed by atoms with van der Waals surface area (Å²) in [6, 6.07) is 22.6. The summed E-state index contributed by atoms with van der Waals surface area (Å²) < 4.78 is 0. The predicted molar refractivity (Wildman–Crippen MR) is 122 cm³/mol. The van der Waals surface area contributed by atoms with E-state index in [1.807, 2.05) is 72.8 Å². The molecule has 0 saturated carbocycles. The van der Waals surface area contributed by atoms with Crippen LogP contribution in [0.4, 0.5) is 0 Å². The van der Waals surface area contributed by atoms with E-state index in [1.165, 1.54) is 5.56 Å². The maximum Gasteiger partial charge on any atom is 0.326 e. The van der Waals surface area contributed by atoms with Crippen molar-refractivity contribution in [1.82, 2.24) is 5.32 Å². The van der Waals surface area contributed by atoms with Gasteiger partial charge in [0, 0.05) is 6.42 Å². The number of amides is 1. The largest absolute Gasteiger partial charge is 0.480 e. The first-order valence-electron chi connectivity index (χ1n) is 10.6. The van der Waals surface area contributed by atoms with E-state index in [4.69, 9.17) is 0 Å². The van der Waals surface area contributed by atoms with Crippen molar-refractivity contribution in [2.75, 3.05) is 0 Å². The van der Waals surface area contributed by atoms with Crippen molar-refractivity contribution >= 4 is 11.9 Å². The van der Waals surface area contributed by atoms with Crippen LogP contribution in [0.25, 0.3) is 11.1 Å². The van der Waals surface area contributed by atoms with Gasteiger partial charge in [-0.3, -0.25) is 4.79 Å². The molecule has 3 aromatic carbocycles. The first kappa shape index (κ1) is 20.9. The van der Waals surface area contributed by atoms with E-state index in [0.29, 0.717) is 0 Å². The Labute approximate surface area is 182 Å². The zero-order chi connectivity index (χ0) is 22.2. The predicted octanol–water partition coefficient (Wildman–Crippen LogP) is 4.91. The van der Waals surface area contributed by atoms with Crippen LogP contribution in [0.3, 0.4) is 0 Å². The molecule has 0 bridgehead atoms. The van der Waals surface area contributed by atoms with Gasteiger partial charge >= 0.3 is 5.97 Å². The van der Waals surface area contributed by atoms with Crippen LogP contribution in [0.2, 0.25) is 0 Å². The molecule has 0 spiro atoms. The number of carboxylic acids is 1. The molecule has 0 saturated heterocycles. The number of carbonyl (C=O) groups is 2. The smallest absolute Gasteiger partial charge is 0.326 e. The van der Waals surface area contributed by atoms with Crippen LogP contribution >= 0.6 is 0 Å². The van der Waals surface area contributed by atoms with Gasteiger partial charge in [-0.05, 0) is 38.8 Å². The lowest BCUT2D eigenvalue weighted by Crippen LogP contribution is -2.44. The molecule has 4 heteroatoms. The molecule has 0 unspecified atom stereocenters. The SMILES string of the molecule is CC(C)(C)c1ccc(C[C@H](NC(=O)C2c3ccccc3-c3ccccc32)C(=O)O)cc1. The minimum atomic E-state index is -1.03. The number of hydrogen-bond acceptors (Lipinski definition) is 2. The summed E-state index contributed by atoms with van der Waals surface area (Å²) in [6.45, 7) is 6.42. The topological polar surface area (TPSA) is 66.4 Å². The fourth-order valence-electron chi connectivity index (χ4n) is 4.27. The maximum atomic E-state index is 13.3. The van der Waals surface area contributed by atoms with Crippen molar-refractivity contribution in [2.24, 2.45) is 0 Å². The minimum absolute atomic E-state index is 0.0300. The Morgan fingerprint density at radius 2 is 1.39 bits per heavy atom. The lowest BCUT2D eigenvalue weighted by Gasteiger charge is -2.21. The van der Waals surface area contributed by atoms with E-state index in [-0.39, 0.29) is 17.7 Å². The fraction of sp³-hybridized carbons (Fsp3) is 0.259. The highest BCUT2D eigenvalue weighted by atomic mass is 16.4. The molecule has 1 aliphatic carbocycles. The molecule has 0 aliphatic heterocycles. The Morgan fingerprint density at radius 1 is 0.871 bits per heavy atom. The van der Waals surface area contributed by atoms with Gasteiger partial charge in [-0.1, -0.05) is 93.6 Å². The summed E-state index contributed by atoms with van der Waals surface area (Å²) >= 11 is 0. The van der Waals surface area contributed by atoms with E-state index >= 15 is 0 Å². The number of aliphatic carboxylic acids is 1. The highest BCUT2D eigenvalue weighted by molar-refractivity contribution is 5.97. The molecule has 3 aromatic rings. The number of carbonyl (C=O) groups excluding carboxylic acids is 1. The van der Waals surface area contributed by atoms with Crippen LogP contribution in [-0.4, -0.2) is 23.0 Å². The standard InChI is InChI=1S/C27H27NO3/c1-27(2,3)18-14-12-17(13-15-18)16-23(26(30)31)28-25(29)24-21-10-6-4-8-19(21)20-9-5-7-11-22(20)24/h4-15,23-24H,16H2,1-3H3,(H,28,29)(H,30,31)/t23-/m0/s1. The average Bonchev–Trinajstić information content (AvgIpc) is 3.07. The molecule has 0 heterocycles. The Bertz CT molecular complexity index is 1080. The van der Waals surface area contributed by atoms with Crippen molar-refractivity contribution in [1.29, 1.82) is 0 Å². The summed E-state index contributed by atoms with van der Waals surface area (Å²) in [4.78, 5) is 25.2. The van der Waals surface area contributed by atoms with Gasteiger partial charge in [-0.25, -0.2) is 4.79 Å². The number of rotatable bonds is 5. The van der Waals surface area contributed by atoms with E-state index in [1.54, 1.807) is 0 Å². The van der Waals surface area contributed by atoms with Crippen molar-refractivity contribution < 1.29 is 14.7 Å². The Morgan fingerprint density at radius 3 is 1.87 bits per heavy atom. The van der Waals surface area contributed by atoms with E-state index in [2.05, 4.69) is 26.1 Å². The molecule has 158 valence electrons. The van der Waals surface area contributed by atoms with Gasteiger partial charge < -0.3 is 10.4 Å². The average molecular weight is 414 g/mol. The number of hydrogen-bond donors (Lipinski definition) is 2. The molecule has 4 rings (SSSR count). The van der Waals surface area contributed by atoms with E-state index in [0.717, 1.165) is 27.8 Å². The lowest BCUT2D eigenvalue weighted by atomic mass is 9.86. The zero-order valence-electron chi connectivity index (χ0n) is 18.1. The Balaban J connectivity index is 1.57. The minimum Gasteiger partial charge on any atom is -0.480 e. The number of nitrogens with one attached hydrogen (secondary N) is 1. The molecule has 31 heavy (non-hydrogen) atoms. The van der Waals surface area contributed by atoms with Crippen LogP contribution in [0.1, 0.15) is 48.9 Å². The van der Waals surface area contributed by atoms with Crippen molar-refractivity contribution in [3.63, 3.8) is 0 Å². The molecule has 0 aromatic heterocycles. The summed E-state index contributed by atoms with van der Waals surface area (Å²) in [7, 11) is 0. The highest BCUT2D eigenvalue weighted by Crippen LogP contribution is 2.44. The second-order valence-electron chi connectivity index (χ2n) is 9.16. The van der Waals surface area contributed by atoms with Crippen LogP contribution in [0, 0.1) is 0 Å². The van der Waals surface area contributed by atoms with Gasteiger partial charge in [0.1, 0.15) is 6.04 Å². The highest BCUT2D eigenvalue weighted by Gasteiger charge is 2.35. The lowest BCUT2D eigenvalue weighted by molar-refractivity contribution is -0.141. The first-order valence-corrected chi connectivity index (χ1v) is 10.6. The van der Waals surface area contributed by atoms with Gasteiger partial charge in [0.15, 0.2) is 0 Å². The van der Waals surface area contributed by atoms with Gasteiger partial charge in [0.05, 0.1) is 5.92 Å². The Kier molecular flexibility index (Phi) is 5.40. The second-order valence-corrected chi connectivity index (χ2v) is 9.16. The molecule has 0 fully saturated rings. The third-order valence-electron chi connectivity index (χ3n) is 5.97. The molecule has 2 N–H and O–H groups in total. The third-order valence-corrected chi connectivity index (χ3v) is 5.97. The third kappa shape index (κ3) is 4.11. The fourth-order valence-corrected chi connectivity index (χ4v) is 4.27. The number of fused-ring (bicyclic) bond motifs is 3. The van der Waals surface area contributed by atoms with Gasteiger partial charge in [-0.15, -0.1) is 0 Å². The molecule has 1 aliphatic rings. The van der Waals surface area contributed by atoms with Gasteiger partial charge in [0.2, 0.25) is 5.91 Å². The zero-order valence-corrected chi connectivity index (χ0v) is 18.1. The van der Waals surface area contributed by atoms with Gasteiger partial charge in [-0.2, -0.15) is 0 Å². The summed E-state index contributed by atoms with van der Waals surface area (Å²) in [5.41, 5.74) is 5.99. The van der Waals surface area contributed by atoms with Crippen LogP contribution in [0.5, 0.6) is 0 Å². The summed E-state index contributed by atoms with van der Waals surface area (Å²) in [5.74, 6) is -1.82. The molecular weight excluding hydrogens is 386 g/mol. The van der Waals surface area contributed by atoms with Crippen LogP contribution in [0.15, 0.2) is 72.8 Å². The monoisotopic (exact) mass is 413 g/mol. The molecule has 4 nitrogen and oxygen atoms in total. The Hall–Kier alpha value is -3.40. The summed E-state index contributed by atoms with van der Waals surface area (Å²) in [5, 5.41) is 12.6.